The van der Waals surface area contributed by atoms with Gasteiger partial charge in [-0.1, -0.05) is 18.2 Å². The molecule has 0 radical (unpaired) electrons. The van der Waals surface area contributed by atoms with Gasteiger partial charge in [0.25, 0.3) is 0 Å². The Morgan fingerprint density at radius 3 is 2.74 bits per heavy atom. The molecule has 0 fully saturated rings. The van der Waals surface area contributed by atoms with E-state index in [4.69, 9.17) is 4.74 Å². The molecule has 0 saturated heterocycles. The van der Waals surface area contributed by atoms with Gasteiger partial charge in [0, 0.05) is 43.5 Å². The molecular formula is C21H24N4O2. The highest BCUT2D eigenvalue weighted by atomic mass is 16.5. The van der Waals surface area contributed by atoms with E-state index in [0.29, 0.717) is 24.6 Å². The van der Waals surface area contributed by atoms with E-state index in [2.05, 4.69) is 21.6 Å². The van der Waals surface area contributed by atoms with Crippen LogP contribution in [0.2, 0.25) is 0 Å². The minimum Gasteiger partial charge on any atom is -0.492 e. The van der Waals surface area contributed by atoms with E-state index in [1.807, 2.05) is 56.4 Å². The monoisotopic (exact) mass is 364 g/mol. The lowest BCUT2D eigenvalue weighted by molar-refractivity contribution is -0.114. The summed E-state index contributed by atoms with van der Waals surface area (Å²) in [5, 5.41) is 15.9. The molecule has 0 spiro atoms. The predicted octanol–water partition coefficient (Wildman–Crippen LogP) is 3.79. The van der Waals surface area contributed by atoms with Gasteiger partial charge >= 0.3 is 0 Å². The van der Waals surface area contributed by atoms with Gasteiger partial charge in [0.2, 0.25) is 5.91 Å². The third kappa shape index (κ3) is 3.82. The molecule has 27 heavy (non-hydrogen) atoms. The van der Waals surface area contributed by atoms with Crippen LogP contribution in [0.25, 0.3) is 0 Å². The standard InChI is InChI=1S/C21H24N4O2/c1-4-27-20-11-18-17(10-19(20)24-14(2)26)21(15(12-22)13-23-18)25(3)16-8-6-5-7-9-16/h5-11,15,21,23H,4,13H2,1-3H3,(H,24,26). The minimum absolute atomic E-state index is 0.142. The number of amides is 1. The number of hydrogen-bond donors (Lipinski definition) is 2. The molecule has 2 aromatic rings. The zero-order chi connectivity index (χ0) is 19.4. The van der Waals surface area contributed by atoms with Crippen molar-refractivity contribution >= 4 is 23.0 Å². The molecule has 6 heteroatoms. The Balaban J connectivity index is 2.09. The van der Waals surface area contributed by atoms with Gasteiger partial charge in [0.05, 0.1) is 30.3 Å². The molecule has 3 rings (SSSR count). The average Bonchev–Trinajstić information content (AvgIpc) is 2.67. The van der Waals surface area contributed by atoms with Gasteiger partial charge in [0.1, 0.15) is 5.75 Å². The van der Waals surface area contributed by atoms with Crippen molar-refractivity contribution in [3.05, 3.63) is 48.0 Å². The molecular weight excluding hydrogens is 340 g/mol. The molecule has 2 N–H and O–H groups in total. The third-order valence-electron chi connectivity index (χ3n) is 4.72. The first kappa shape index (κ1) is 18.6. The summed E-state index contributed by atoms with van der Waals surface area (Å²) in [6.07, 6.45) is 0. The number of nitriles is 1. The number of benzene rings is 2. The highest BCUT2D eigenvalue weighted by molar-refractivity contribution is 5.91. The zero-order valence-electron chi connectivity index (χ0n) is 15.8. The molecule has 6 nitrogen and oxygen atoms in total. The fraction of sp³-hybridized carbons (Fsp3) is 0.333. The maximum Gasteiger partial charge on any atom is 0.221 e. The number of nitrogens with one attached hydrogen (secondary N) is 2. The molecule has 140 valence electrons. The van der Waals surface area contributed by atoms with Crippen molar-refractivity contribution in [3.8, 4) is 11.8 Å². The maximum absolute atomic E-state index is 11.7. The van der Waals surface area contributed by atoms with Crippen molar-refractivity contribution < 1.29 is 9.53 Å². The topological polar surface area (TPSA) is 77.4 Å². The SMILES string of the molecule is CCOc1cc2c(cc1NC(C)=O)C(N(C)c1ccccc1)C(C#N)CN2. The first-order valence-corrected chi connectivity index (χ1v) is 9.04. The van der Waals surface area contributed by atoms with Crippen LogP contribution in [0.1, 0.15) is 25.5 Å². The molecule has 2 atom stereocenters. The fourth-order valence-corrected chi connectivity index (χ4v) is 3.52. The van der Waals surface area contributed by atoms with E-state index < -0.39 is 0 Å². The van der Waals surface area contributed by atoms with E-state index in [1.54, 1.807) is 0 Å². The summed E-state index contributed by atoms with van der Waals surface area (Å²) >= 11 is 0. The van der Waals surface area contributed by atoms with Crippen molar-refractivity contribution in [2.75, 3.05) is 35.7 Å². The van der Waals surface area contributed by atoms with Crippen LogP contribution in [-0.2, 0) is 4.79 Å². The van der Waals surface area contributed by atoms with E-state index in [9.17, 15) is 10.1 Å². The van der Waals surface area contributed by atoms with Crippen molar-refractivity contribution in [2.45, 2.75) is 19.9 Å². The lowest BCUT2D eigenvalue weighted by atomic mass is 9.87. The van der Waals surface area contributed by atoms with Gasteiger partial charge in [-0.15, -0.1) is 0 Å². The molecule has 1 aliphatic heterocycles. The Kier molecular flexibility index (Phi) is 5.51. The molecule has 2 aromatic carbocycles. The van der Waals surface area contributed by atoms with Crippen LogP contribution in [-0.4, -0.2) is 26.1 Å². The molecule has 0 aromatic heterocycles. The Morgan fingerprint density at radius 2 is 2.11 bits per heavy atom. The molecule has 2 unspecified atom stereocenters. The van der Waals surface area contributed by atoms with Gasteiger partial charge < -0.3 is 20.3 Å². The molecule has 0 bridgehead atoms. The lowest BCUT2D eigenvalue weighted by Gasteiger charge is -2.38. The summed E-state index contributed by atoms with van der Waals surface area (Å²) in [4.78, 5) is 13.8. The lowest BCUT2D eigenvalue weighted by Crippen LogP contribution is -2.37. The maximum atomic E-state index is 11.7. The van der Waals surface area contributed by atoms with Crippen LogP contribution in [0.15, 0.2) is 42.5 Å². The number of ether oxygens (including phenoxy) is 1. The van der Waals surface area contributed by atoms with Crippen molar-refractivity contribution in [1.29, 1.82) is 5.26 Å². The number of carbonyl (C=O) groups is 1. The summed E-state index contributed by atoms with van der Waals surface area (Å²) in [5.41, 5.74) is 3.54. The van der Waals surface area contributed by atoms with Crippen LogP contribution >= 0.6 is 0 Å². The second kappa shape index (κ2) is 8.00. The first-order chi connectivity index (χ1) is 13.0. The molecule has 0 aliphatic carbocycles. The number of nitrogens with zero attached hydrogens (tertiary/aromatic N) is 2. The predicted molar refractivity (Wildman–Crippen MR) is 107 cm³/mol. The highest BCUT2D eigenvalue weighted by Gasteiger charge is 2.34. The number of anilines is 3. The summed E-state index contributed by atoms with van der Waals surface area (Å²) in [5.74, 6) is 0.228. The van der Waals surface area contributed by atoms with Gasteiger partial charge in [-0.3, -0.25) is 4.79 Å². The van der Waals surface area contributed by atoms with Crippen LogP contribution in [0.5, 0.6) is 5.75 Å². The van der Waals surface area contributed by atoms with Crippen LogP contribution < -0.4 is 20.3 Å². The van der Waals surface area contributed by atoms with Crippen LogP contribution in [0.3, 0.4) is 0 Å². The minimum atomic E-state index is -0.231. The van der Waals surface area contributed by atoms with Gasteiger partial charge in [-0.25, -0.2) is 0 Å². The number of carbonyl (C=O) groups excluding carboxylic acids is 1. The highest BCUT2D eigenvalue weighted by Crippen LogP contribution is 2.43. The molecule has 1 amide bonds. The number of fused-ring (bicyclic) bond motifs is 1. The second-order valence-electron chi connectivity index (χ2n) is 6.56. The van der Waals surface area contributed by atoms with Gasteiger partial charge in [-0.2, -0.15) is 5.26 Å². The van der Waals surface area contributed by atoms with Crippen LogP contribution in [0, 0.1) is 17.2 Å². The molecule has 1 aliphatic rings. The van der Waals surface area contributed by atoms with E-state index in [0.717, 1.165) is 16.9 Å². The summed E-state index contributed by atoms with van der Waals surface area (Å²) in [6.45, 7) is 4.43. The fourth-order valence-electron chi connectivity index (χ4n) is 3.52. The Bertz CT molecular complexity index is 860. The van der Waals surface area contributed by atoms with E-state index in [1.165, 1.54) is 6.92 Å². The van der Waals surface area contributed by atoms with E-state index in [-0.39, 0.29) is 17.9 Å². The van der Waals surface area contributed by atoms with Gasteiger partial charge in [0.15, 0.2) is 0 Å². The Morgan fingerprint density at radius 1 is 1.37 bits per heavy atom. The average molecular weight is 364 g/mol. The number of para-hydroxylation sites is 1. The van der Waals surface area contributed by atoms with Crippen molar-refractivity contribution in [1.82, 2.24) is 0 Å². The van der Waals surface area contributed by atoms with Crippen LogP contribution in [0.4, 0.5) is 17.1 Å². The number of hydrogen-bond acceptors (Lipinski definition) is 5. The van der Waals surface area contributed by atoms with Crippen molar-refractivity contribution in [2.24, 2.45) is 5.92 Å². The second-order valence-corrected chi connectivity index (χ2v) is 6.56. The van der Waals surface area contributed by atoms with Crippen molar-refractivity contribution in [3.63, 3.8) is 0 Å². The largest absolute Gasteiger partial charge is 0.492 e. The van der Waals surface area contributed by atoms with E-state index >= 15 is 0 Å². The quantitative estimate of drug-likeness (QED) is 0.844. The van der Waals surface area contributed by atoms with Gasteiger partial charge in [-0.05, 0) is 25.1 Å². The number of rotatable bonds is 5. The Hall–Kier alpha value is -3.20. The molecule has 1 heterocycles. The third-order valence-corrected chi connectivity index (χ3v) is 4.72. The zero-order valence-corrected chi connectivity index (χ0v) is 15.8. The summed E-state index contributed by atoms with van der Waals surface area (Å²) in [7, 11) is 1.99. The normalized spacial score (nSPS) is 17.9. The first-order valence-electron chi connectivity index (χ1n) is 9.04. The summed E-state index contributed by atoms with van der Waals surface area (Å²) in [6, 6.07) is 16.1. The summed E-state index contributed by atoms with van der Waals surface area (Å²) < 4.78 is 5.70. The Labute approximate surface area is 159 Å². The molecule has 0 saturated carbocycles. The smallest absolute Gasteiger partial charge is 0.221 e.